The molecule has 0 spiro atoms. The average Bonchev–Trinajstić information content (AvgIpc) is 2.53. The molecule has 1 aromatic heterocycles. The number of hydrogen-bond donors (Lipinski definition) is 2. The van der Waals surface area contributed by atoms with Gasteiger partial charge in [0, 0.05) is 10.8 Å². The molecule has 0 bridgehead atoms. The normalized spacial score (nSPS) is 12.6. The van der Waals surface area contributed by atoms with Crippen LogP contribution in [0.25, 0.3) is 0 Å². The van der Waals surface area contributed by atoms with Crippen LogP contribution in [0.1, 0.15) is 41.6 Å². The van der Waals surface area contributed by atoms with Crippen molar-refractivity contribution in [1.82, 2.24) is 0 Å². The Balaban J connectivity index is 3.02. The molecular formula is C13H19NO3S. The highest BCUT2D eigenvalue weighted by Crippen LogP contribution is 2.32. The van der Waals surface area contributed by atoms with Crippen molar-refractivity contribution in [2.75, 3.05) is 5.32 Å². The summed E-state index contributed by atoms with van der Waals surface area (Å²) in [6.45, 7) is 9.39. The summed E-state index contributed by atoms with van der Waals surface area (Å²) in [4.78, 5) is 24.1. The highest BCUT2D eigenvalue weighted by Gasteiger charge is 2.23. The van der Waals surface area contributed by atoms with Gasteiger partial charge < -0.3 is 10.4 Å². The molecule has 1 aromatic rings. The fourth-order valence-electron chi connectivity index (χ4n) is 1.50. The van der Waals surface area contributed by atoms with Gasteiger partial charge >= 0.3 is 5.97 Å². The van der Waals surface area contributed by atoms with Crippen LogP contribution in [0.4, 0.5) is 5.00 Å². The van der Waals surface area contributed by atoms with E-state index in [4.69, 9.17) is 0 Å². The zero-order valence-electron chi connectivity index (χ0n) is 11.3. The molecule has 0 aliphatic carbocycles. The number of aryl methyl sites for hydroxylation is 1. The summed E-state index contributed by atoms with van der Waals surface area (Å²) in [6, 6.07) is 0. The topological polar surface area (TPSA) is 66.4 Å². The predicted molar refractivity (Wildman–Crippen MR) is 73.4 cm³/mol. The molecule has 0 aliphatic heterocycles. The van der Waals surface area contributed by atoms with Crippen molar-refractivity contribution in [2.24, 2.45) is 11.8 Å². The molecule has 1 amide bonds. The van der Waals surface area contributed by atoms with Crippen LogP contribution in [0.5, 0.6) is 0 Å². The quantitative estimate of drug-likeness (QED) is 0.881. The number of carbonyl (C=O) groups excluding carboxylic acids is 1. The minimum atomic E-state index is -0.996. The van der Waals surface area contributed by atoms with Gasteiger partial charge in [-0.15, -0.1) is 11.3 Å². The Morgan fingerprint density at radius 3 is 2.22 bits per heavy atom. The molecular weight excluding hydrogens is 250 g/mol. The van der Waals surface area contributed by atoms with Gasteiger partial charge in [-0.3, -0.25) is 4.79 Å². The van der Waals surface area contributed by atoms with Crippen molar-refractivity contribution >= 4 is 28.2 Å². The molecule has 4 nitrogen and oxygen atoms in total. The molecule has 0 fully saturated rings. The van der Waals surface area contributed by atoms with Crippen LogP contribution < -0.4 is 5.32 Å². The van der Waals surface area contributed by atoms with E-state index in [2.05, 4.69) is 5.32 Å². The minimum absolute atomic E-state index is 0.131. The second-order valence-electron chi connectivity index (χ2n) is 4.81. The molecule has 1 rings (SSSR count). The Bertz CT molecular complexity index is 477. The molecule has 0 radical (unpaired) electrons. The van der Waals surface area contributed by atoms with Gasteiger partial charge in [-0.05, 0) is 25.3 Å². The molecule has 100 valence electrons. The van der Waals surface area contributed by atoms with Crippen LogP contribution in [0.3, 0.4) is 0 Å². The number of nitrogens with one attached hydrogen (secondary N) is 1. The molecule has 2 N–H and O–H groups in total. The first kappa shape index (κ1) is 14.7. The number of carboxylic acid groups (broad SMARTS) is 1. The van der Waals surface area contributed by atoms with Crippen LogP contribution >= 0.6 is 11.3 Å². The number of amides is 1. The second-order valence-corrected chi connectivity index (χ2v) is 6.04. The lowest BCUT2D eigenvalue weighted by Gasteiger charge is -2.14. The fraction of sp³-hybridized carbons (Fsp3) is 0.538. The van der Waals surface area contributed by atoms with E-state index in [1.807, 2.05) is 27.7 Å². The molecule has 18 heavy (non-hydrogen) atoms. The Labute approximate surface area is 111 Å². The molecule has 5 heteroatoms. The first-order valence-corrected chi connectivity index (χ1v) is 6.71. The number of aromatic carboxylic acids is 1. The zero-order chi connectivity index (χ0) is 14.0. The number of hydrogen-bond acceptors (Lipinski definition) is 3. The van der Waals surface area contributed by atoms with Crippen molar-refractivity contribution in [3.05, 3.63) is 16.0 Å². The fourth-order valence-corrected chi connectivity index (χ4v) is 2.56. The lowest BCUT2D eigenvalue weighted by atomic mass is 9.97. The van der Waals surface area contributed by atoms with Gasteiger partial charge in [0.15, 0.2) is 0 Å². The molecule has 0 aliphatic rings. The predicted octanol–water partition coefficient (Wildman–Crippen LogP) is 3.29. The van der Waals surface area contributed by atoms with Crippen LogP contribution in [-0.2, 0) is 4.79 Å². The molecule has 1 heterocycles. The first-order chi connectivity index (χ1) is 8.25. The Kier molecular flexibility index (Phi) is 4.51. The van der Waals surface area contributed by atoms with Gasteiger partial charge in [-0.1, -0.05) is 20.8 Å². The first-order valence-electron chi connectivity index (χ1n) is 5.89. The number of anilines is 1. The van der Waals surface area contributed by atoms with E-state index in [0.29, 0.717) is 5.00 Å². The monoisotopic (exact) mass is 269 g/mol. The minimum Gasteiger partial charge on any atom is -0.478 e. The molecule has 1 unspecified atom stereocenters. The van der Waals surface area contributed by atoms with Gasteiger partial charge in [0.1, 0.15) is 5.00 Å². The summed E-state index contributed by atoms with van der Waals surface area (Å²) in [5.74, 6) is -1.05. The third kappa shape index (κ3) is 2.90. The summed E-state index contributed by atoms with van der Waals surface area (Å²) < 4.78 is 0. The summed E-state index contributed by atoms with van der Waals surface area (Å²) >= 11 is 1.31. The second kappa shape index (κ2) is 5.52. The van der Waals surface area contributed by atoms with Crippen molar-refractivity contribution < 1.29 is 14.7 Å². The summed E-state index contributed by atoms with van der Waals surface area (Å²) in [6.07, 6.45) is 0. The van der Waals surface area contributed by atoms with E-state index in [1.165, 1.54) is 11.3 Å². The van der Waals surface area contributed by atoms with Crippen LogP contribution in [0.2, 0.25) is 0 Å². The Morgan fingerprint density at radius 1 is 1.22 bits per heavy atom. The van der Waals surface area contributed by atoms with E-state index < -0.39 is 5.97 Å². The maximum absolute atomic E-state index is 12.0. The van der Waals surface area contributed by atoms with E-state index in [0.717, 1.165) is 10.4 Å². The van der Waals surface area contributed by atoms with Crippen LogP contribution in [0.15, 0.2) is 0 Å². The number of thiophene rings is 1. The average molecular weight is 269 g/mol. The van der Waals surface area contributed by atoms with Gasteiger partial charge in [0.05, 0.1) is 5.56 Å². The van der Waals surface area contributed by atoms with Crippen molar-refractivity contribution in [1.29, 1.82) is 0 Å². The van der Waals surface area contributed by atoms with E-state index in [1.54, 1.807) is 6.92 Å². The van der Waals surface area contributed by atoms with Gasteiger partial charge in [0.25, 0.3) is 0 Å². The third-order valence-corrected chi connectivity index (χ3v) is 4.37. The summed E-state index contributed by atoms with van der Waals surface area (Å²) in [5.41, 5.74) is 0.932. The van der Waals surface area contributed by atoms with E-state index >= 15 is 0 Å². The van der Waals surface area contributed by atoms with Crippen molar-refractivity contribution in [3.63, 3.8) is 0 Å². The molecule has 0 saturated heterocycles. The molecule has 0 saturated carbocycles. The molecule has 1 atom stereocenters. The van der Waals surface area contributed by atoms with Gasteiger partial charge in [-0.25, -0.2) is 4.79 Å². The van der Waals surface area contributed by atoms with Crippen LogP contribution in [-0.4, -0.2) is 17.0 Å². The highest BCUT2D eigenvalue weighted by atomic mass is 32.1. The Hall–Kier alpha value is -1.36. The largest absolute Gasteiger partial charge is 0.478 e. The maximum Gasteiger partial charge on any atom is 0.338 e. The van der Waals surface area contributed by atoms with E-state index in [-0.39, 0.29) is 23.3 Å². The van der Waals surface area contributed by atoms with Gasteiger partial charge in [-0.2, -0.15) is 0 Å². The standard InChI is InChI=1S/C13H19NO3S/c1-6(2)7(3)11(15)14-12-10(13(16)17)8(4)9(5)18-12/h6-7H,1-5H3,(H,14,15)(H,16,17). The van der Waals surface area contributed by atoms with Crippen molar-refractivity contribution in [2.45, 2.75) is 34.6 Å². The highest BCUT2D eigenvalue weighted by molar-refractivity contribution is 7.16. The zero-order valence-corrected chi connectivity index (χ0v) is 12.1. The van der Waals surface area contributed by atoms with Crippen molar-refractivity contribution in [3.8, 4) is 0 Å². The molecule has 0 aromatic carbocycles. The van der Waals surface area contributed by atoms with E-state index in [9.17, 15) is 14.7 Å². The SMILES string of the molecule is Cc1sc(NC(=O)C(C)C(C)C)c(C(=O)O)c1C. The summed E-state index contributed by atoms with van der Waals surface area (Å²) in [5, 5.41) is 12.3. The summed E-state index contributed by atoms with van der Waals surface area (Å²) in [7, 11) is 0. The maximum atomic E-state index is 12.0. The number of carboxylic acids is 1. The lowest BCUT2D eigenvalue weighted by molar-refractivity contribution is -0.120. The lowest BCUT2D eigenvalue weighted by Crippen LogP contribution is -2.24. The number of carbonyl (C=O) groups is 2. The third-order valence-electron chi connectivity index (χ3n) is 3.25. The Morgan fingerprint density at radius 2 is 1.78 bits per heavy atom. The smallest absolute Gasteiger partial charge is 0.338 e. The number of rotatable bonds is 4. The van der Waals surface area contributed by atoms with Gasteiger partial charge in [0.2, 0.25) is 5.91 Å². The van der Waals surface area contributed by atoms with Crippen LogP contribution in [0, 0.1) is 25.7 Å².